The summed E-state index contributed by atoms with van der Waals surface area (Å²) in [6.07, 6.45) is 2.53. The Bertz CT molecular complexity index is 377. The third-order valence-electron chi connectivity index (χ3n) is 3.41. The fraction of sp³-hybridized carbons (Fsp3) is 0.500. The van der Waals surface area contributed by atoms with Crippen molar-refractivity contribution in [1.29, 1.82) is 0 Å². The molecule has 0 spiro atoms. The lowest BCUT2D eigenvalue weighted by Gasteiger charge is -2.24. The Balaban J connectivity index is 1.85. The zero-order valence-corrected chi connectivity index (χ0v) is 10.3. The largest absolute Gasteiger partial charge is 0.338 e. The number of carbonyl (C=O) groups is 1. The van der Waals surface area contributed by atoms with E-state index in [2.05, 4.69) is 31.2 Å². The molecule has 17 heavy (non-hydrogen) atoms. The van der Waals surface area contributed by atoms with Crippen molar-refractivity contribution in [1.82, 2.24) is 4.90 Å². The van der Waals surface area contributed by atoms with Gasteiger partial charge in [-0.15, -0.1) is 0 Å². The van der Waals surface area contributed by atoms with Crippen LogP contribution < -0.4 is 5.73 Å². The maximum Gasteiger partial charge on any atom is 0.224 e. The van der Waals surface area contributed by atoms with Gasteiger partial charge in [0.15, 0.2) is 0 Å². The molecule has 2 N–H and O–H groups in total. The minimum absolute atomic E-state index is 0.0293. The van der Waals surface area contributed by atoms with Gasteiger partial charge in [-0.1, -0.05) is 30.3 Å². The summed E-state index contributed by atoms with van der Waals surface area (Å²) >= 11 is 0. The maximum absolute atomic E-state index is 11.7. The van der Waals surface area contributed by atoms with Gasteiger partial charge in [0.25, 0.3) is 0 Å². The molecule has 1 amide bonds. The van der Waals surface area contributed by atoms with Crippen molar-refractivity contribution in [2.75, 3.05) is 6.54 Å². The first-order chi connectivity index (χ1) is 8.16. The molecular formula is C14H20N2O. The van der Waals surface area contributed by atoms with Crippen LogP contribution in [0.4, 0.5) is 0 Å². The normalized spacial score (nSPS) is 21.9. The number of rotatable bonds is 4. The number of likely N-dealkylation sites (tertiary alicyclic amines) is 1. The van der Waals surface area contributed by atoms with Crippen LogP contribution in [0.5, 0.6) is 0 Å². The van der Waals surface area contributed by atoms with E-state index in [0.29, 0.717) is 6.42 Å². The quantitative estimate of drug-likeness (QED) is 0.856. The standard InChI is InChI=1S/C14H20N2O/c1-11(16-10-13(15)9-14(16)17)7-8-12-5-3-2-4-6-12/h2-6,11,13H,7-10,15H2,1H3. The van der Waals surface area contributed by atoms with Gasteiger partial charge in [-0.3, -0.25) is 4.79 Å². The van der Waals surface area contributed by atoms with Crippen LogP contribution >= 0.6 is 0 Å². The lowest BCUT2D eigenvalue weighted by Crippen LogP contribution is -2.36. The molecule has 0 radical (unpaired) electrons. The summed E-state index contributed by atoms with van der Waals surface area (Å²) < 4.78 is 0. The summed E-state index contributed by atoms with van der Waals surface area (Å²) in [5.74, 6) is 0.207. The molecule has 1 aliphatic rings. The minimum atomic E-state index is 0.0293. The van der Waals surface area contributed by atoms with E-state index in [4.69, 9.17) is 5.73 Å². The van der Waals surface area contributed by atoms with Crippen molar-refractivity contribution in [3.63, 3.8) is 0 Å². The van der Waals surface area contributed by atoms with Gasteiger partial charge in [0, 0.05) is 25.0 Å². The van der Waals surface area contributed by atoms with Crippen LogP contribution in [0.15, 0.2) is 30.3 Å². The second-order valence-electron chi connectivity index (χ2n) is 4.88. The number of nitrogens with zero attached hydrogens (tertiary/aromatic N) is 1. The van der Waals surface area contributed by atoms with E-state index in [9.17, 15) is 4.79 Å². The molecule has 1 heterocycles. The van der Waals surface area contributed by atoms with Gasteiger partial charge >= 0.3 is 0 Å². The first kappa shape index (κ1) is 12.1. The smallest absolute Gasteiger partial charge is 0.224 e. The molecule has 1 fully saturated rings. The lowest BCUT2D eigenvalue weighted by atomic mass is 10.1. The number of hydrogen-bond donors (Lipinski definition) is 1. The molecule has 2 unspecified atom stereocenters. The Kier molecular flexibility index (Phi) is 3.79. The number of amides is 1. The maximum atomic E-state index is 11.7. The second-order valence-corrected chi connectivity index (χ2v) is 4.88. The van der Waals surface area contributed by atoms with Gasteiger partial charge in [-0.05, 0) is 25.3 Å². The van der Waals surface area contributed by atoms with Crippen molar-refractivity contribution in [3.8, 4) is 0 Å². The Morgan fingerprint density at radius 2 is 2.12 bits per heavy atom. The Hall–Kier alpha value is -1.35. The van der Waals surface area contributed by atoms with Crippen LogP contribution in [0.2, 0.25) is 0 Å². The van der Waals surface area contributed by atoms with E-state index in [0.717, 1.165) is 19.4 Å². The van der Waals surface area contributed by atoms with Crippen molar-refractivity contribution >= 4 is 5.91 Å². The number of carbonyl (C=O) groups excluding carboxylic acids is 1. The molecule has 3 heteroatoms. The Labute approximate surface area is 103 Å². The van der Waals surface area contributed by atoms with Gasteiger partial charge in [-0.25, -0.2) is 0 Å². The summed E-state index contributed by atoms with van der Waals surface area (Å²) in [5, 5.41) is 0. The third-order valence-corrected chi connectivity index (χ3v) is 3.41. The number of aryl methyl sites for hydroxylation is 1. The van der Waals surface area contributed by atoms with Gasteiger partial charge in [0.05, 0.1) is 0 Å². The van der Waals surface area contributed by atoms with E-state index >= 15 is 0 Å². The molecule has 92 valence electrons. The molecule has 0 aromatic heterocycles. The summed E-state index contributed by atoms with van der Waals surface area (Å²) in [6.45, 7) is 2.83. The monoisotopic (exact) mass is 232 g/mol. The highest BCUT2D eigenvalue weighted by atomic mass is 16.2. The number of benzene rings is 1. The van der Waals surface area contributed by atoms with E-state index in [1.165, 1.54) is 5.56 Å². The van der Waals surface area contributed by atoms with E-state index in [1.54, 1.807) is 0 Å². The molecule has 0 bridgehead atoms. The number of nitrogens with two attached hydrogens (primary N) is 1. The molecule has 1 aromatic carbocycles. The lowest BCUT2D eigenvalue weighted by molar-refractivity contribution is -0.129. The first-order valence-corrected chi connectivity index (χ1v) is 6.26. The zero-order chi connectivity index (χ0) is 12.3. The Morgan fingerprint density at radius 3 is 2.71 bits per heavy atom. The highest BCUT2D eigenvalue weighted by Gasteiger charge is 2.29. The molecule has 2 atom stereocenters. The van der Waals surface area contributed by atoms with Gasteiger partial charge in [0.1, 0.15) is 0 Å². The van der Waals surface area contributed by atoms with Gasteiger partial charge in [-0.2, -0.15) is 0 Å². The summed E-state index contributed by atoms with van der Waals surface area (Å²) in [5.41, 5.74) is 7.13. The molecule has 1 aromatic rings. The van der Waals surface area contributed by atoms with Gasteiger partial charge < -0.3 is 10.6 Å². The molecule has 2 rings (SSSR count). The summed E-state index contributed by atoms with van der Waals surface area (Å²) in [6, 6.07) is 10.7. The highest BCUT2D eigenvalue weighted by Crippen LogP contribution is 2.16. The number of hydrogen-bond acceptors (Lipinski definition) is 2. The predicted octanol–water partition coefficient (Wildman–Crippen LogP) is 1.57. The summed E-state index contributed by atoms with van der Waals surface area (Å²) in [4.78, 5) is 13.6. The SMILES string of the molecule is CC(CCc1ccccc1)N1CC(N)CC1=O. The van der Waals surface area contributed by atoms with Crippen LogP contribution in [-0.2, 0) is 11.2 Å². The van der Waals surface area contributed by atoms with Crippen molar-refractivity contribution < 1.29 is 4.79 Å². The van der Waals surface area contributed by atoms with Crippen LogP contribution in [0.3, 0.4) is 0 Å². The third kappa shape index (κ3) is 3.07. The average Bonchev–Trinajstić information content (AvgIpc) is 2.67. The topological polar surface area (TPSA) is 46.3 Å². The second kappa shape index (κ2) is 5.32. The molecular weight excluding hydrogens is 212 g/mol. The van der Waals surface area contributed by atoms with Crippen molar-refractivity contribution in [2.45, 2.75) is 38.3 Å². The van der Waals surface area contributed by atoms with E-state index in [-0.39, 0.29) is 18.0 Å². The molecule has 1 saturated heterocycles. The zero-order valence-electron chi connectivity index (χ0n) is 10.3. The highest BCUT2D eigenvalue weighted by molar-refractivity contribution is 5.79. The predicted molar refractivity (Wildman–Crippen MR) is 68.5 cm³/mol. The van der Waals surface area contributed by atoms with Gasteiger partial charge in [0.2, 0.25) is 5.91 Å². The van der Waals surface area contributed by atoms with Crippen molar-refractivity contribution in [2.24, 2.45) is 5.73 Å². The van der Waals surface area contributed by atoms with Crippen LogP contribution in [0.25, 0.3) is 0 Å². The summed E-state index contributed by atoms with van der Waals surface area (Å²) in [7, 11) is 0. The van der Waals surface area contributed by atoms with Crippen LogP contribution in [0.1, 0.15) is 25.3 Å². The van der Waals surface area contributed by atoms with Crippen molar-refractivity contribution in [3.05, 3.63) is 35.9 Å². The minimum Gasteiger partial charge on any atom is -0.338 e. The van der Waals surface area contributed by atoms with Crippen LogP contribution in [0, 0.1) is 0 Å². The molecule has 0 aliphatic carbocycles. The first-order valence-electron chi connectivity index (χ1n) is 6.26. The fourth-order valence-electron chi connectivity index (χ4n) is 2.36. The average molecular weight is 232 g/mol. The fourth-order valence-corrected chi connectivity index (χ4v) is 2.36. The Morgan fingerprint density at radius 1 is 1.41 bits per heavy atom. The molecule has 0 saturated carbocycles. The molecule has 1 aliphatic heterocycles. The molecule has 3 nitrogen and oxygen atoms in total. The van der Waals surface area contributed by atoms with E-state index in [1.807, 2.05) is 11.0 Å². The van der Waals surface area contributed by atoms with Crippen LogP contribution in [-0.4, -0.2) is 29.4 Å². The van der Waals surface area contributed by atoms with E-state index < -0.39 is 0 Å².